The van der Waals surface area contributed by atoms with Crippen LogP contribution in [0.25, 0.3) is 0 Å². The molecule has 1 amide bonds. The minimum absolute atomic E-state index is 0.238. The molecule has 0 spiro atoms. The molecular formula is C7H13F3N2O3S. The van der Waals surface area contributed by atoms with Gasteiger partial charge in [-0.3, -0.25) is 9.52 Å². The molecule has 16 heavy (non-hydrogen) atoms. The molecule has 0 unspecified atom stereocenters. The summed E-state index contributed by atoms with van der Waals surface area (Å²) in [5, 5.41) is 1.79. The highest BCUT2D eigenvalue weighted by Crippen LogP contribution is 2.11. The summed E-state index contributed by atoms with van der Waals surface area (Å²) < 4.78 is 58.6. The third kappa shape index (κ3) is 8.48. The van der Waals surface area contributed by atoms with Gasteiger partial charge in [-0.1, -0.05) is 6.92 Å². The summed E-state index contributed by atoms with van der Waals surface area (Å²) in [4.78, 5) is 10.9. The molecule has 9 heteroatoms. The predicted molar refractivity (Wildman–Crippen MR) is 51.1 cm³/mol. The molecule has 96 valence electrons. The second-order valence-corrected chi connectivity index (χ2v) is 4.90. The molecule has 0 aliphatic carbocycles. The van der Waals surface area contributed by atoms with E-state index in [1.165, 1.54) is 0 Å². The van der Waals surface area contributed by atoms with Gasteiger partial charge >= 0.3 is 6.18 Å². The molecule has 0 saturated carbocycles. The standard InChI is InChI=1S/C7H13F3N2O3S/c1-2-3-16(14,15)12-6(13)4-11-5-7(8,9)10/h11H,2-5H2,1H3,(H,12,13). The quantitative estimate of drug-likeness (QED) is 0.706. The normalized spacial score (nSPS) is 12.5. The average molecular weight is 262 g/mol. The topological polar surface area (TPSA) is 75.3 Å². The molecule has 0 fully saturated rings. The van der Waals surface area contributed by atoms with Crippen LogP contribution in [-0.4, -0.2) is 39.3 Å². The van der Waals surface area contributed by atoms with Crippen molar-refractivity contribution < 1.29 is 26.4 Å². The van der Waals surface area contributed by atoms with Crippen molar-refractivity contribution in [2.45, 2.75) is 19.5 Å². The van der Waals surface area contributed by atoms with E-state index >= 15 is 0 Å². The second-order valence-electron chi connectivity index (χ2n) is 3.06. The van der Waals surface area contributed by atoms with Gasteiger partial charge in [0.1, 0.15) is 0 Å². The van der Waals surface area contributed by atoms with Crippen LogP contribution in [0.1, 0.15) is 13.3 Å². The Balaban J connectivity index is 3.93. The van der Waals surface area contributed by atoms with Crippen molar-refractivity contribution in [1.82, 2.24) is 10.0 Å². The van der Waals surface area contributed by atoms with Gasteiger partial charge in [-0.15, -0.1) is 0 Å². The monoisotopic (exact) mass is 262 g/mol. The van der Waals surface area contributed by atoms with Crippen LogP contribution in [0, 0.1) is 0 Å². The number of hydrogen-bond acceptors (Lipinski definition) is 4. The number of sulfonamides is 1. The van der Waals surface area contributed by atoms with E-state index in [-0.39, 0.29) is 5.75 Å². The molecule has 0 atom stereocenters. The van der Waals surface area contributed by atoms with Gasteiger partial charge in [0, 0.05) is 0 Å². The van der Waals surface area contributed by atoms with E-state index < -0.39 is 35.2 Å². The number of carbonyl (C=O) groups excluding carboxylic acids is 1. The molecule has 0 heterocycles. The number of rotatable bonds is 6. The highest BCUT2D eigenvalue weighted by Gasteiger charge is 2.26. The fourth-order valence-corrected chi connectivity index (χ4v) is 1.91. The Morgan fingerprint density at radius 2 is 1.88 bits per heavy atom. The third-order valence-electron chi connectivity index (χ3n) is 1.35. The lowest BCUT2D eigenvalue weighted by Crippen LogP contribution is -2.41. The maximum atomic E-state index is 11.7. The van der Waals surface area contributed by atoms with E-state index in [2.05, 4.69) is 0 Å². The summed E-state index contributed by atoms with van der Waals surface area (Å²) in [5.41, 5.74) is 0. The minimum atomic E-state index is -4.43. The number of amides is 1. The van der Waals surface area contributed by atoms with Gasteiger partial charge < -0.3 is 5.32 Å². The van der Waals surface area contributed by atoms with Crippen molar-refractivity contribution in [3.8, 4) is 0 Å². The first kappa shape index (κ1) is 15.2. The van der Waals surface area contributed by atoms with Gasteiger partial charge in [0.15, 0.2) is 0 Å². The summed E-state index contributed by atoms with van der Waals surface area (Å²) in [5.74, 6) is -1.24. The van der Waals surface area contributed by atoms with E-state index in [1.54, 1.807) is 17.0 Å². The number of alkyl halides is 3. The first-order valence-corrected chi connectivity index (χ1v) is 6.12. The van der Waals surface area contributed by atoms with E-state index in [0.29, 0.717) is 6.42 Å². The van der Waals surface area contributed by atoms with Crippen LogP contribution in [-0.2, 0) is 14.8 Å². The first-order chi connectivity index (χ1) is 7.16. The number of nitrogens with one attached hydrogen (secondary N) is 2. The van der Waals surface area contributed by atoms with E-state index in [4.69, 9.17) is 0 Å². The van der Waals surface area contributed by atoms with Gasteiger partial charge in [0.05, 0.1) is 18.8 Å². The molecule has 0 radical (unpaired) electrons. The van der Waals surface area contributed by atoms with Crippen LogP contribution >= 0.6 is 0 Å². The van der Waals surface area contributed by atoms with Crippen LogP contribution in [0.3, 0.4) is 0 Å². The fourth-order valence-electron chi connectivity index (χ4n) is 0.847. The van der Waals surface area contributed by atoms with Gasteiger partial charge in [-0.2, -0.15) is 13.2 Å². The summed E-state index contributed by atoms with van der Waals surface area (Å²) in [6.45, 7) is -0.428. The number of carbonyl (C=O) groups is 1. The second kappa shape index (κ2) is 6.04. The predicted octanol–water partition coefficient (Wildman–Crippen LogP) is -0.00570. The summed E-state index contributed by atoms with van der Waals surface area (Å²) >= 11 is 0. The minimum Gasteiger partial charge on any atom is -0.300 e. The van der Waals surface area contributed by atoms with Gasteiger partial charge in [0.2, 0.25) is 15.9 Å². The lowest BCUT2D eigenvalue weighted by molar-refractivity contribution is -0.127. The highest BCUT2D eigenvalue weighted by atomic mass is 32.2. The van der Waals surface area contributed by atoms with E-state index in [9.17, 15) is 26.4 Å². The van der Waals surface area contributed by atoms with Crippen molar-refractivity contribution in [3.05, 3.63) is 0 Å². The third-order valence-corrected chi connectivity index (χ3v) is 2.84. The van der Waals surface area contributed by atoms with Crippen molar-refractivity contribution in [2.24, 2.45) is 0 Å². The first-order valence-electron chi connectivity index (χ1n) is 4.47. The smallest absolute Gasteiger partial charge is 0.300 e. The maximum Gasteiger partial charge on any atom is 0.401 e. The lowest BCUT2D eigenvalue weighted by atomic mass is 10.5. The molecule has 0 aromatic carbocycles. The zero-order chi connectivity index (χ0) is 12.8. The maximum absolute atomic E-state index is 11.7. The number of hydrogen-bond donors (Lipinski definition) is 2. The van der Waals surface area contributed by atoms with Gasteiger partial charge in [-0.05, 0) is 6.42 Å². The molecule has 0 saturated heterocycles. The van der Waals surface area contributed by atoms with E-state index in [1.807, 2.05) is 0 Å². The fraction of sp³-hybridized carbons (Fsp3) is 0.857. The molecular weight excluding hydrogens is 249 g/mol. The molecule has 0 aromatic rings. The van der Waals surface area contributed by atoms with Gasteiger partial charge in [0.25, 0.3) is 0 Å². The van der Waals surface area contributed by atoms with Gasteiger partial charge in [-0.25, -0.2) is 8.42 Å². The van der Waals surface area contributed by atoms with Crippen molar-refractivity contribution >= 4 is 15.9 Å². The molecule has 0 aliphatic heterocycles. The Morgan fingerprint density at radius 1 is 1.31 bits per heavy atom. The lowest BCUT2D eigenvalue weighted by Gasteiger charge is -2.08. The van der Waals surface area contributed by atoms with Crippen LogP contribution in [0.5, 0.6) is 0 Å². The molecule has 0 rings (SSSR count). The highest BCUT2D eigenvalue weighted by molar-refractivity contribution is 7.90. The Kier molecular flexibility index (Phi) is 5.73. The Morgan fingerprint density at radius 3 is 2.31 bits per heavy atom. The SMILES string of the molecule is CCCS(=O)(=O)NC(=O)CNCC(F)(F)F. The zero-order valence-corrected chi connectivity index (χ0v) is 9.41. The summed E-state index contributed by atoms with van der Waals surface area (Å²) in [6.07, 6.45) is -4.11. The molecule has 0 aromatic heterocycles. The van der Waals surface area contributed by atoms with Crippen LogP contribution in [0.2, 0.25) is 0 Å². The van der Waals surface area contributed by atoms with Crippen LogP contribution < -0.4 is 10.0 Å². The van der Waals surface area contributed by atoms with Crippen LogP contribution in [0.4, 0.5) is 13.2 Å². The van der Waals surface area contributed by atoms with Crippen molar-refractivity contribution in [3.63, 3.8) is 0 Å². The average Bonchev–Trinajstić information content (AvgIpc) is 1.99. The Bertz CT molecular complexity index is 326. The summed E-state index contributed by atoms with van der Waals surface area (Å²) in [6, 6.07) is 0. The Labute approximate surface area is 91.4 Å². The largest absolute Gasteiger partial charge is 0.401 e. The molecule has 0 bridgehead atoms. The Hall–Kier alpha value is -0.830. The molecule has 0 aliphatic rings. The zero-order valence-electron chi connectivity index (χ0n) is 8.60. The molecule has 5 nitrogen and oxygen atoms in total. The number of halogens is 3. The van der Waals surface area contributed by atoms with Crippen molar-refractivity contribution in [1.29, 1.82) is 0 Å². The van der Waals surface area contributed by atoms with Crippen LogP contribution in [0.15, 0.2) is 0 Å². The summed E-state index contributed by atoms with van der Waals surface area (Å²) in [7, 11) is -3.72. The van der Waals surface area contributed by atoms with Crippen molar-refractivity contribution in [2.75, 3.05) is 18.8 Å². The van der Waals surface area contributed by atoms with E-state index in [0.717, 1.165) is 0 Å². The molecule has 2 N–H and O–H groups in total.